The van der Waals surface area contributed by atoms with Gasteiger partial charge in [-0.25, -0.2) is 0 Å². The van der Waals surface area contributed by atoms with Crippen LogP contribution in [0.1, 0.15) is 258 Å². The standard InChI is InChI=1S/C74H131NO18/c1-3-5-7-9-11-13-14-15-16-17-18-19-20-21-22-23-24-25-26-27-28-29-30-31-32-33-34-35-36-37-38-39-40-41-42-44-46-48-50-52-62(80)75-57(58(79)51-49-47-45-43-12-10-8-6-4-2)56-88-72-68(86)65(83)70(60(54-77)90-72)93-74-69(87)66(84)71(61(55-78)91-74)92-73-67(85)64(82)63(81)59(53-76)89-73/h5,7,11,13,15-16,18-19,21-22,24-25,57-61,63-74,76-79,81-87H,3-4,6,8-10,12,14,17,20,23,26-56H2,1-2H3,(H,75,80)/b7-5-,13-11-,16-15-,19-18-,22-21-,25-24-. The van der Waals surface area contributed by atoms with Crippen LogP contribution in [0.15, 0.2) is 72.9 Å². The fourth-order valence-electron chi connectivity index (χ4n) is 12.1. The highest BCUT2D eigenvalue weighted by Gasteiger charge is 2.53. The molecule has 3 aliphatic rings. The van der Waals surface area contributed by atoms with Crippen LogP contribution in [-0.4, -0.2) is 193 Å². The van der Waals surface area contributed by atoms with Crippen LogP contribution in [0.3, 0.4) is 0 Å². The second-order valence-corrected chi connectivity index (χ2v) is 26.0. The Balaban J connectivity index is 1.26. The van der Waals surface area contributed by atoms with E-state index in [4.69, 9.17) is 28.4 Å². The molecular weight excluding hydrogens is 1190 g/mol. The van der Waals surface area contributed by atoms with E-state index in [9.17, 15) is 61.0 Å². The van der Waals surface area contributed by atoms with Gasteiger partial charge in [-0.05, 0) is 64.2 Å². The molecule has 3 fully saturated rings. The maximum absolute atomic E-state index is 13.4. The Labute approximate surface area is 559 Å². The summed E-state index contributed by atoms with van der Waals surface area (Å²) in [7, 11) is 0. The molecule has 0 bridgehead atoms. The lowest BCUT2D eigenvalue weighted by atomic mass is 9.96. The number of carbonyl (C=O) groups is 1. The molecular formula is C74H131NO18. The summed E-state index contributed by atoms with van der Waals surface area (Å²) >= 11 is 0. The van der Waals surface area contributed by atoms with Crippen LogP contribution in [0.25, 0.3) is 0 Å². The Morgan fingerprint density at radius 1 is 0.398 bits per heavy atom. The van der Waals surface area contributed by atoms with Gasteiger partial charge in [0.1, 0.15) is 73.2 Å². The highest BCUT2D eigenvalue weighted by atomic mass is 16.8. The summed E-state index contributed by atoms with van der Waals surface area (Å²) in [5.74, 6) is -0.244. The predicted molar refractivity (Wildman–Crippen MR) is 365 cm³/mol. The molecule has 12 N–H and O–H groups in total. The predicted octanol–water partition coefficient (Wildman–Crippen LogP) is 10.5. The lowest BCUT2D eigenvalue weighted by Gasteiger charge is -2.48. The van der Waals surface area contributed by atoms with Crippen molar-refractivity contribution in [1.82, 2.24) is 5.32 Å². The van der Waals surface area contributed by atoms with Crippen molar-refractivity contribution in [2.24, 2.45) is 0 Å². The first kappa shape index (κ1) is 84.5. The molecule has 3 rings (SSSR count). The lowest BCUT2D eigenvalue weighted by Crippen LogP contribution is -2.66. The van der Waals surface area contributed by atoms with Crippen molar-refractivity contribution >= 4 is 5.91 Å². The summed E-state index contributed by atoms with van der Waals surface area (Å²) in [4.78, 5) is 13.4. The number of amides is 1. The van der Waals surface area contributed by atoms with Crippen molar-refractivity contribution in [3.63, 3.8) is 0 Å². The van der Waals surface area contributed by atoms with Crippen molar-refractivity contribution in [2.75, 3.05) is 26.4 Å². The molecule has 93 heavy (non-hydrogen) atoms. The van der Waals surface area contributed by atoms with E-state index in [1.807, 2.05) is 0 Å². The highest BCUT2D eigenvalue weighted by molar-refractivity contribution is 5.76. The number of unbranched alkanes of at least 4 members (excludes halogenated alkanes) is 28. The average Bonchev–Trinajstić information content (AvgIpc) is 0.828. The molecule has 0 aromatic rings. The fraction of sp³-hybridized carbons (Fsp3) is 0.824. The third-order valence-electron chi connectivity index (χ3n) is 18.0. The van der Waals surface area contributed by atoms with E-state index in [1.54, 1.807) is 0 Å². The van der Waals surface area contributed by atoms with Crippen LogP contribution in [0.2, 0.25) is 0 Å². The van der Waals surface area contributed by atoms with Gasteiger partial charge in [-0.1, -0.05) is 260 Å². The van der Waals surface area contributed by atoms with Gasteiger partial charge in [-0.2, -0.15) is 0 Å². The largest absolute Gasteiger partial charge is 0.394 e. The molecule has 540 valence electrons. The minimum Gasteiger partial charge on any atom is -0.394 e. The van der Waals surface area contributed by atoms with Gasteiger partial charge in [0.15, 0.2) is 18.9 Å². The van der Waals surface area contributed by atoms with Crippen molar-refractivity contribution < 1.29 is 89.4 Å². The van der Waals surface area contributed by atoms with E-state index in [2.05, 4.69) is 92.1 Å². The van der Waals surface area contributed by atoms with E-state index in [-0.39, 0.29) is 18.9 Å². The maximum Gasteiger partial charge on any atom is 0.220 e. The van der Waals surface area contributed by atoms with Gasteiger partial charge in [0.25, 0.3) is 0 Å². The molecule has 17 unspecified atom stereocenters. The number of carbonyl (C=O) groups excluding carboxylic acids is 1. The number of hydrogen-bond acceptors (Lipinski definition) is 18. The minimum atomic E-state index is -1.97. The number of allylic oxidation sites excluding steroid dienone is 12. The zero-order chi connectivity index (χ0) is 67.5. The first-order valence-corrected chi connectivity index (χ1v) is 36.7. The van der Waals surface area contributed by atoms with E-state index < -0.39 is 124 Å². The Hall–Kier alpha value is -2.77. The molecule has 17 atom stereocenters. The number of aliphatic hydroxyl groups excluding tert-OH is 11. The molecule has 0 radical (unpaired) electrons. The van der Waals surface area contributed by atoms with Crippen LogP contribution in [0, 0.1) is 0 Å². The third-order valence-corrected chi connectivity index (χ3v) is 18.0. The zero-order valence-corrected chi connectivity index (χ0v) is 57.2. The SMILES string of the molecule is CC/C=C\C/C=C\C/C=C\C/C=C\C/C=C\C/C=C\CCCCCCCCCCCCCCCCCCCCCCC(=O)NC(COC1OC(CO)C(OC2OC(CO)C(OC3OC(CO)C(O)C(O)C3O)C(O)C2O)C(O)C1O)C(O)CCCCCCCCCCC. The van der Waals surface area contributed by atoms with E-state index in [0.717, 1.165) is 83.5 Å². The second-order valence-electron chi connectivity index (χ2n) is 26.0. The Morgan fingerprint density at radius 3 is 1.16 bits per heavy atom. The number of nitrogens with one attached hydrogen (secondary N) is 1. The average molecular weight is 1320 g/mol. The second kappa shape index (κ2) is 55.1. The van der Waals surface area contributed by atoms with E-state index in [0.29, 0.717) is 12.8 Å². The van der Waals surface area contributed by atoms with Crippen molar-refractivity contribution in [1.29, 1.82) is 0 Å². The lowest BCUT2D eigenvalue weighted by molar-refractivity contribution is -0.379. The Morgan fingerprint density at radius 2 is 0.742 bits per heavy atom. The molecule has 19 heteroatoms. The quantitative estimate of drug-likeness (QED) is 0.0199. The number of hydrogen-bond donors (Lipinski definition) is 12. The molecule has 3 saturated heterocycles. The van der Waals surface area contributed by atoms with Crippen molar-refractivity contribution in [3.8, 4) is 0 Å². The minimum absolute atomic E-state index is 0.244. The van der Waals surface area contributed by atoms with Gasteiger partial charge in [-0.3, -0.25) is 4.79 Å². The van der Waals surface area contributed by atoms with Crippen LogP contribution >= 0.6 is 0 Å². The van der Waals surface area contributed by atoms with Crippen LogP contribution < -0.4 is 5.32 Å². The highest BCUT2D eigenvalue weighted by Crippen LogP contribution is 2.33. The topological polar surface area (TPSA) is 307 Å². The smallest absolute Gasteiger partial charge is 0.220 e. The molecule has 0 saturated carbocycles. The van der Waals surface area contributed by atoms with Crippen molar-refractivity contribution in [3.05, 3.63) is 72.9 Å². The van der Waals surface area contributed by atoms with Crippen molar-refractivity contribution in [2.45, 2.75) is 362 Å². The molecule has 1 amide bonds. The summed E-state index contributed by atoms with van der Waals surface area (Å²) < 4.78 is 34.3. The third kappa shape index (κ3) is 36.6. The Bertz CT molecular complexity index is 1970. The Kier molecular flexibility index (Phi) is 50.1. The van der Waals surface area contributed by atoms with Gasteiger partial charge >= 0.3 is 0 Å². The number of rotatable bonds is 56. The van der Waals surface area contributed by atoms with Gasteiger partial charge < -0.3 is 89.9 Å². The van der Waals surface area contributed by atoms with Gasteiger partial charge in [0.2, 0.25) is 5.91 Å². The van der Waals surface area contributed by atoms with E-state index in [1.165, 1.54) is 141 Å². The maximum atomic E-state index is 13.4. The fourth-order valence-corrected chi connectivity index (χ4v) is 12.1. The van der Waals surface area contributed by atoms with Crippen LogP contribution in [0.5, 0.6) is 0 Å². The first-order chi connectivity index (χ1) is 45.3. The monoisotopic (exact) mass is 1320 g/mol. The van der Waals surface area contributed by atoms with Gasteiger partial charge in [0, 0.05) is 6.42 Å². The van der Waals surface area contributed by atoms with E-state index >= 15 is 0 Å². The molecule has 0 aromatic heterocycles. The first-order valence-electron chi connectivity index (χ1n) is 36.7. The van der Waals surface area contributed by atoms with Crippen LogP contribution in [0.4, 0.5) is 0 Å². The molecule has 0 aliphatic carbocycles. The molecule has 3 aliphatic heterocycles. The molecule has 3 heterocycles. The molecule has 0 spiro atoms. The van der Waals surface area contributed by atoms with Crippen LogP contribution in [-0.2, 0) is 33.2 Å². The summed E-state index contributed by atoms with van der Waals surface area (Å²) in [6.45, 7) is 1.65. The summed E-state index contributed by atoms with van der Waals surface area (Å²) in [6, 6.07) is -0.886. The molecule has 0 aromatic carbocycles. The van der Waals surface area contributed by atoms with Gasteiger partial charge in [-0.15, -0.1) is 0 Å². The normalized spacial score (nSPS) is 27.9. The van der Waals surface area contributed by atoms with Gasteiger partial charge in [0.05, 0.1) is 38.6 Å². The summed E-state index contributed by atoms with van der Waals surface area (Å²) in [5.41, 5.74) is 0. The molecule has 19 nitrogen and oxygen atoms in total. The number of ether oxygens (including phenoxy) is 6. The summed E-state index contributed by atoms with van der Waals surface area (Å²) in [5, 5.41) is 120. The zero-order valence-electron chi connectivity index (χ0n) is 57.2. The number of aliphatic hydroxyl groups is 11. The summed E-state index contributed by atoms with van der Waals surface area (Å²) in [6.07, 6.45) is 43.2.